The molecule has 1 aliphatic rings. The number of aliphatic hydroxyl groups is 3. The second-order valence-corrected chi connectivity index (χ2v) is 10.7. The molecule has 4 aromatic rings. The molecular weight excluding hydrogens is 500 g/mol. The third-order valence-corrected chi connectivity index (χ3v) is 7.79. The fourth-order valence-electron chi connectivity index (χ4n) is 5.77. The van der Waals surface area contributed by atoms with Crippen molar-refractivity contribution in [2.45, 2.75) is 56.6 Å². The molecule has 0 spiro atoms. The van der Waals surface area contributed by atoms with Crippen LogP contribution in [0.2, 0.25) is 0 Å². The molecule has 7 heteroatoms. The van der Waals surface area contributed by atoms with Crippen LogP contribution in [-0.2, 0) is 25.9 Å². The maximum atomic E-state index is 12.2. The molecule has 0 aliphatic carbocycles. The van der Waals surface area contributed by atoms with Crippen LogP contribution < -0.4 is 11.5 Å². The summed E-state index contributed by atoms with van der Waals surface area (Å²) in [5.41, 5.74) is 17.3. The Morgan fingerprint density at radius 2 is 0.875 bits per heavy atom. The first-order chi connectivity index (χ1) is 19.4. The highest BCUT2D eigenvalue weighted by Crippen LogP contribution is 2.31. The molecule has 0 bridgehead atoms. The predicted molar refractivity (Wildman–Crippen MR) is 159 cm³/mol. The zero-order valence-electron chi connectivity index (χ0n) is 22.5. The van der Waals surface area contributed by atoms with Crippen molar-refractivity contribution in [2.24, 2.45) is 0 Å². The average Bonchev–Trinajstić information content (AvgIpc) is 3.02. The lowest BCUT2D eigenvalue weighted by Crippen LogP contribution is -2.54. The molecule has 208 valence electrons. The first-order valence-electron chi connectivity index (χ1n) is 13.7. The zero-order chi connectivity index (χ0) is 28.1. The number of nitrogens with two attached hydrogens (primary N) is 2. The van der Waals surface area contributed by atoms with Crippen molar-refractivity contribution >= 4 is 11.4 Å². The van der Waals surface area contributed by atoms with Crippen molar-refractivity contribution in [3.8, 4) is 0 Å². The molecule has 7 N–H and O–H groups in total. The number of hydrogen-bond acceptors (Lipinski definition) is 7. The Morgan fingerprint density at radius 1 is 0.500 bits per heavy atom. The minimum Gasteiger partial charge on any atom is -0.399 e. The van der Waals surface area contributed by atoms with Crippen LogP contribution >= 0.6 is 0 Å². The van der Waals surface area contributed by atoms with E-state index in [0.717, 1.165) is 22.3 Å². The number of hydrogen-bond donors (Lipinski definition) is 5. The lowest BCUT2D eigenvalue weighted by atomic mass is 9.91. The zero-order valence-corrected chi connectivity index (χ0v) is 22.5. The number of aliphatic hydroxyl groups excluding tert-OH is 3. The van der Waals surface area contributed by atoms with Gasteiger partial charge in [-0.3, -0.25) is 9.80 Å². The third kappa shape index (κ3) is 6.53. The van der Waals surface area contributed by atoms with E-state index >= 15 is 0 Å². The number of nitrogens with zero attached hydrogens (tertiary/aromatic N) is 2. The topological polar surface area (TPSA) is 119 Å². The van der Waals surface area contributed by atoms with Crippen LogP contribution in [0.4, 0.5) is 11.4 Å². The van der Waals surface area contributed by atoms with Gasteiger partial charge in [-0.25, -0.2) is 0 Å². The molecule has 0 amide bonds. The predicted octanol–water partition coefficient (Wildman–Crippen LogP) is 3.39. The van der Waals surface area contributed by atoms with Crippen LogP contribution in [-0.4, -0.2) is 55.8 Å². The molecule has 1 saturated heterocycles. The Kier molecular flexibility index (Phi) is 8.79. The van der Waals surface area contributed by atoms with Crippen LogP contribution in [0, 0.1) is 0 Å². The molecule has 0 saturated carbocycles. The van der Waals surface area contributed by atoms with Gasteiger partial charge >= 0.3 is 0 Å². The number of anilines is 2. The highest BCUT2D eigenvalue weighted by atomic mass is 16.3. The van der Waals surface area contributed by atoms with Gasteiger partial charge in [0.05, 0.1) is 12.2 Å². The van der Waals surface area contributed by atoms with Gasteiger partial charge in [0.15, 0.2) is 6.35 Å². The summed E-state index contributed by atoms with van der Waals surface area (Å²) in [6.07, 6.45) is -2.48. The van der Waals surface area contributed by atoms with Crippen molar-refractivity contribution in [3.05, 3.63) is 131 Å². The van der Waals surface area contributed by atoms with Gasteiger partial charge in [0.25, 0.3) is 0 Å². The summed E-state index contributed by atoms with van der Waals surface area (Å²) in [5.74, 6) is 0. The summed E-state index contributed by atoms with van der Waals surface area (Å²) in [4.78, 5) is 3.76. The Morgan fingerprint density at radius 3 is 1.25 bits per heavy atom. The molecular formula is C33H38N4O3. The fourth-order valence-corrected chi connectivity index (χ4v) is 5.77. The molecule has 4 aromatic carbocycles. The van der Waals surface area contributed by atoms with Crippen molar-refractivity contribution in [1.82, 2.24) is 9.80 Å². The van der Waals surface area contributed by atoms with Crippen molar-refractivity contribution in [1.29, 1.82) is 0 Å². The summed E-state index contributed by atoms with van der Waals surface area (Å²) in [7, 11) is 0. The highest BCUT2D eigenvalue weighted by molar-refractivity contribution is 5.41. The van der Waals surface area contributed by atoms with Crippen LogP contribution in [0.25, 0.3) is 0 Å². The van der Waals surface area contributed by atoms with Crippen molar-refractivity contribution in [3.63, 3.8) is 0 Å². The molecule has 1 heterocycles. The van der Waals surface area contributed by atoms with E-state index in [0.29, 0.717) is 37.3 Å². The van der Waals surface area contributed by atoms with E-state index < -0.39 is 30.6 Å². The van der Waals surface area contributed by atoms with Crippen LogP contribution in [0.15, 0.2) is 109 Å². The summed E-state index contributed by atoms with van der Waals surface area (Å²) in [5, 5.41) is 35.8. The van der Waals surface area contributed by atoms with Gasteiger partial charge in [-0.2, -0.15) is 0 Å². The average molecular weight is 539 g/mol. The molecule has 5 rings (SSSR count). The first kappa shape index (κ1) is 27.8. The molecule has 7 nitrogen and oxygen atoms in total. The van der Waals surface area contributed by atoms with E-state index in [4.69, 9.17) is 11.5 Å². The molecule has 1 aliphatic heterocycles. The smallest absolute Gasteiger partial charge is 0.166 e. The van der Waals surface area contributed by atoms with Crippen LogP contribution in [0.1, 0.15) is 22.3 Å². The summed E-state index contributed by atoms with van der Waals surface area (Å²) in [6, 6.07) is 33.7. The van der Waals surface area contributed by atoms with E-state index in [1.165, 1.54) is 0 Å². The maximum absolute atomic E-state index is 12.2. The Bertz CT molecular complexity index is 1270. The Labute approximate surface area is 235 Å². The van der Waals surface area contributed by atoms with Gasteiger partial charge in [0, 0.05) is 36.5 Å². The van der Waals surface area contributed by atoms with E-state index in [1.54, 1.807) is 0 Å². The summed E-state index contributed by atoms with van der Waals surface area (Å²) in [6.45, 7) is 0.665. The lowest BCUT2D eigenvalue weighted by molar-refractivity contribution is -0.147. The third-order valence-electron chi connectivity index (χ3n) is 7.79. The Balaban J connectivity index is 1.58. The molecule has 0 unspecified atom stereocenters. The van der Waals surface area contributed by atoms with Crippen molar-refractivity contribution in [2.75, 3.05) is 11.5 Å². The summed E-state index contributed by atoms with van der Waals surface area (Å²) >= 11 is 0. The van der Waals surface area contributed by atoms with Gasteiger partial charge in [0.2, 0.25) is 0 Å². The van der Waals surface area contributed by atoms with E-state index in [-0.39, 0.29) is 0 Å². The van der Waals surface area contributed by atoms with Gasteiger partial charge in [-0.1, -0.05) is 84.9 Å². The monoisotopic (exact) mass is 538 g/mol. The number of rotatable bonds is 8. The number of benzene rings is 4. The molecule has 0 radical (unpaired) electrons. The van der Waals surface area contributed by atoms with Crippen LogP contribution in [0.3, 0.4) is 0 Å². The quantitative estimate of drug-likeness (QED) is 0.218. The minimum atomic E-state index is -1.13. The van der Waals surface area contributed by atoms with Crippen LogP contribution in [0.5, 0.6) is 0 Å². The minimum absolute atomic E-state index is 0.332. The summed E-state index contributed by atoms with van der Waals surface area (Å²) < 4.78 is 0. The van der Waals surface area contributed by atoms with Crippen molar-refractivity contribution < 1.29 is 15.3 Å². The molecule has 1 fully saturated rings. The number of nitrogen functional groups attached to an aromatic ring is 2. The largest absolute Gasteiger partial charge is 0.399 e. The standard InChI is InChI=1S/C33H38N4O3/c34-27-15-7-13-25(17-27)21-36-29(19-23-9-3-1-4-10-23)31(38)32(39)30(20-24-11-5-2-6-12-24)37(33(36)40)22-26-14-8-16-28(35)18-26/h1-18,29-33,38-40H,19-22,34-35H2/t29-,30-,31-,32-/m0/s1. The van der Waals surface area contributed by atoms with E-state index in [2.05, 4.69) is 0 Å². The van der Waals surface area contributed by atoms with Gasteiger partial charge in [-0.15, -0.1) is 0 Å². The van der Waals surface area contributed by atoms with Gasteiger partial charge < -0.3 is 26.8 Å². The Hall–Kier alpha value is -3.72. The maximum Gasteiger partial charge on any atom is 0.166 e. The first-order valence-corrected chi connectivity index (χ1v) is 13.7. The molecule has 0 aromatic heterocycles. The van der Waals surface area contributed by atoms with E-state index in [1.807, 2.05) is 119 Å². The normalized spacial score (nSPS) is 22.7. The second-order valence-electron chi connectivity index (χ2n) is 10.7. The van der Waals surface area contributed by atoms with Gasteiger partial charge in [-0.05, 0) is 59.4 Å². The molecule has 40 heavy (non-hydrogen) atoms. The van der Waals surface area contributed by atoms with E-state index in [9.17, 15) is 15.3 Å². The SMILES string of the molecule is Nc1cccc(CN2C(O)N(Cc3cccc(N)c3)[C@@H](Cc3ccccc3)[C@H](O)[C@@H](O)[C@@H]2Cc2ccccc2)c1. The lowest BCUT2D eigenvalue weighted by Gasteiger charge is -2.40. The second kappa shape index (κ2) is 12.6. The van der Waals surface area contributed by atoms with Gasteiger partial charge in [0.1, 0.15) is 0 Å². The highest BCUT2D eigenvalue weighted by Gasteiger charge is 2.46. The molecule has 4 atom stereocenters. The fraction of sp³-hybridized carbons (Fsp3) is 0.273.